The fourth-order valence-corrected chi connectivity index (χ4v) is 1.73. The maximum atomic E-state index is 5.69. The summed E-state index contributed by atoms with van der Waals surface area (Å²) in [6.45, 7) is 9.20. The minimum Gasteiger partial charge on any atom is -0.379 e. The summed E-state index contributed by atoms with van der Waals surface area (Å²) in [7, 11) is 0. The molecule has 3 nitrogen and oxygen atoms in total. The van der Waals surface area contributed by atoms with Crippen LogP contribution in [0.25, 0.3) is 0 Å². The van der Waals surface area contributed by atoms with Gasteiger partial charge in [0.1, 0.15) is 0 Å². The van der Waals surface area contributed by atoms with Gasteiger partial charge < -0.3 is 10.5 Å². The van der Waals surface area contributed by atoms with Crippen molar-refractivity contribution in [2.45, 2.75) is 26.3 Å². The topological polar surface area (TPSA) is 38.5 Å². The molecule has 0 aromatic heterocycles. The molecule has 2 unspecified atom stereocenters. The summed E-state index contributed by atoms with van der Waals surface area (Å²) in [6.07, 6.45) is 1.18. The molecule has 0 radical (unpaired) electrons. The Morgan fingerprint density at radius 2 is 2.38 bits per heavy atom. The van der Waals surface area contributed by atoms with E-state index in [9.17, 15) is 0 Å². The molecule has 1 fully saturated rings. The molecular formula is C10H22N2O. The lowest BCUT2D eigenvalue weighted by molar-refractivity contribution is -0.00694. The van der Waals surface area contributed by atoms with Crippen LogP contribution in [-0.4, -0.2) is 43.8 Å². The number of hydrogen-bond donors (Lipinski definition) is 1. The molecule has 1 saturated heterocycles. The van der Waals surface area contributed by atoms with E-state index in [1.165, 1.54) is 6.42 Å². The van der Waals surface area contributed by atoms with Crippen LogP contribution in [0, 0.1) is 5.92 Å². The van der Waals surface area contributed by atoms with Gasteiger partial charge >= 0.3 is 0 Å². The van der Waals surface area contributed by atoms with Crippen LogP contribution in [0.3, 0.4) is 0 Å². The lowest BCUT2D eigenvalue weighted by Gasteiger charge is -2.35. The second-order valence-electron chi connectivity index (χ2n) is 3.93. The summed E-state index contributed by atoms with van der Waals surface area (Å²) >= 11 is 0. The van der Waals surface area contributed by atoms with Crippen LogP contribution in [0.5, 0.6) is 0 Å². The maximum Gasteiger partial charge on any atom is 0.0619 e. The quantitative estimate of drug-likeness (QED) is 0.702. The zero-order chi connectivity index (χ0) is 9.68. The van der Waals surface area contributed by atoms with E-state index in [0.717, 1.165) is 32.8 Å². The normalized spacial score (nSPS) is 27.5. The monoisotopic (exact) mass is 186 g/mol. The van der Waals surface area contributed by atoms with E-state index >= 15 is 0 Å². The molecule has 1 heterocycles. The summed E-state index contributed by atoms with van der Waals surface area (Å²) < 4.78 is 5.39. The van der Waals surface area contributed by atoms with Crippen molar-refractivity contribution in [2.24, 2.45) is 11.7 Å². The third kappa shape index (κ3) is 3.25. The Kier molecular flexibility index (Phi) is 4.70. The van der Waals surface area contributed by atoms with Gasteiger partial charge in [0.15, 0.2) is 0 Å². The molecular weight excluding hydrogens is 164 g/mol. The van der Waals surface area contributed by atoms with Crippen LogP contribution in [0.2, 0.25) is 0 Å². The molecule has 0 aromatic carbocycles. The Hall–Kier alpha value is -0.120. The van der Waals surface area contributed by atoms with Gasteiger partial charge in [-0.15, -0.1) is 0 Å². The van der Waals surface area contributed by atoms with Gasteiger partial charge in [-0.3, -0.25) is 4.90 Å². The number of hydrogen-bond acceptors (Lipinski definition) is 3. The first-order valence-electron chi connectivity index (χ1n) is 5.29. The van der Waals surface area contributed by atoms with E-state index in [1.807, 2.05) is 0 Å². The third-order valence-corrected chi connectivity index (χ3v) is 2.91. The molecule has 78 valence electrons. The van der Waals surface area contributed by atoms with Gasteiger partial charge in [-0.05, 0) is 19.4 Å². The van der Waals surface area contributed by atoms with Crippen molar-refractivity contribution in [2.75, 3.05) is 32.8 Å². The fourth-order valence-electron chi connectivity index (χ4n) is 1.73. The largest absolute Gasteiger partial charge is 0.379 e. The Morgan fingerprint density at radius 3 is 2.92 bits per heavy atom. The van der Waals surface area contributed by atoms with Crippen molar-refractivity contribution in [3.05, 3.63) is 0 Å². The first-order valence-corrected chi connectivity index (χ1v) is 5.29. The number of nitrogens with two attached hydrogens (primary N) is 1. The maximum absolute atomic E-state index is 5.69. The van der Waals surface area contributed by atoms with Crippen LogP contribution in [0.15, 0.2) is 0 Å². The molecule has 0 spiro atoms. The van der Waals surface area contributed by atoms with E-state index in [1.54, 1.807) is 0 Å². The van der Waals surface area contributed by atoms with Gasteiger partial charge in [0.25, 0.3) is 0 Å². The molecule has 0 saturated carbocycles. The Bertz CT molecular complexity index is 137. The summed E-state index contributed by atoms with van der Waals surface area (Å²) in [4.78, 5) is 2.49. The summed E-state index contributed by atoms with van der Waals surface area (Å²) in [5.41, 5.74) is 5.69. The van der Waals surface area contributed by atoms with Crippen LogP contribution in [0.4, 0.5) is 0 Å². The standard InChI is InChI=1S/C10H22N2O/c1-3-10(6-11)7-12-4-5-13-8-9(12)2/h9-10H,3-8,11H2,1-2H3. The predicted molar refractivity (Wildman–Crippen MR) is 54.7 cm³/mol. The van der Waals surface area contributed by atoms with Gasteiger partial charge in [-0.25, -0.2) is 0 Å². The highest BCUT2D eigenvalue weighted by atomic mass is 16.5. The highest BCUT2D eigenvalue weighted by Gasteiger charge is 2.20. The zero-order valence-corrected chi connectivity index (χ0v) is 8.83. The number of nitrogens with zero attached hydrogens (tertiary/aromatic N) is 1. The van der Waals surface area contributed by atoms with E-state index < -0.39 is 0 Å². The molecule has 0 aromatic rings. The lowest BCUT2D eigenvalue weighted by atomic mass is 10.1. The highest BCUT2D eigenvalue weighted by Crippen LogP contribution is 2.10. The minimum absolute atomic E-state index is 0.564. The summed E-state index contributed by atoms with van der Waals surface area (Å²) in [6, 6.07) is 0.564. The predicted octanol–water partition coefficient (Wildman–Crippen LogP) is 0.692. The fraction of sp³-hybridized carbons (Fsp3) is 1.00. The Balaban J connectivity index is 2.32. The molecule has 13 heavy (non-hydrogen) atoms. The average Bonchev–Trinajstić information content (AvgIpc) is 2.17. The summed E-state index contributed by atoms with van der Waals surface area (Å²) in [5.74, 6) is 0.653. The molecule has 1 aliphatic heterocycles. The molecule has 2 atom stereocenters. The van der Waals surface area contributed by atoms with Crippen molar-refractivity contribution in [3.8, 4) is 0 Å². The van der Waals surface area contributed by atoms with Crippen LogP contribution >= 0.6 is 0 Å². The van der Waals surface area contributed by atoms with Crippen LogP contribution in [0.1, 0.15) is 20.3 Å². The van der Waals surface area contributed by atoms with Gasteiger partial charge in [0, 0.05) is 19.1 Å². The second-order valence-corrected chi connectivity index (χ2v) is 3.93. The van der Waals surface area contributed by atoms with E-state index in [-0.39, 0.29) is 0 Å². The third-order valence-electron chi connectivity index (χ3n) is 2.91. The first kappa shape index (κ1) is 11.0. The number of rotatable bonds is 4. The molecule has 0 amide bonds. The Labute approximate surface area is 81.2 Å². The van der Waals surface area contributed by atoms with Crippen molar-refractivity contribution in [1.29, 1.82) is 0 Å². The number of ether oxygens (including phenoxy) is 1. The van der Waals surface area contributed by atoms with E-state index in [4.69, 9.17) is 10.5 Å². The van der Waals surface area contributed by atoms with Crippen molar-refractivity contribution < 1.29 is 4.74 Å². The smallest absolute Gasteiger partial charge is 0.0619 e. The average molecular weight is 186 g/mol. The van der Waals surface area contributed by atoms with Crippen LogP contribution in [-0.2, 0) is 4.74 Å². The highest BCUT2D eigenvalue weighted by molar-refractivity contribution is 4.74. The Morgan fingerprint density at radius 1 is 1.62 bits per heavy atom. The first-order chi connectivity index (χ1) is 6.27. The van der Waals surface area contributed by atoms with Crippen molar-refractivity contribution in [1.82, 2.24) is 4.90 Å². The van der Waals surface area contributed by atoms with E-state index in [2.05, 4.69) is 18.7 Å². The minimum atomic E-state index is 0.564. The van der Waals surface area contributed by atoms with Crippen molar-refractivity contribution >= 4 is 0 Å². The van der Waals surface area contributed by atoms with Gasteiger partial charge in [0.05, 0.1) is 13.2 Å². The molecule has 3 heteroatoms. The van der Waals surface area contributed by atoms with Crippen molar-refractivity contribution in [3.63, 3.8) is 0 Å². The summed E-state index contributed by atoms with van der Waals surface area (Å²) in [5, 5.41) is 0. The van der Waals surface area contributed by atoms with Gasteiger partial charge in [-0.2, -0.15) is 0 Å². The van der Waals surface area contributed by atoms with E-state index in [0.29, 0.717) is 12.0 Å². The molecule has 1 aliphatic rings. The second kappa shape index (κ2) is 5.58. The zero-order valence-electron chi connectivity index (χ0n) is 8.83. The molecule has 0 aliphatic carbocycles. The number of morpholine rings is 1. The SMILES string of the molecule is CCC(CN)CN1CCOCC1C. The lowest BCUT2D eigenvalue weighted by Crippen LogP contribution is -2.46. The molecule has 1 rings (SSSR count). The van der Waals surface area contributed by atoms with Gasteiger partial charge in [-0.1, -0.05) is 13.3 Å². The molecule has 2 N–H and O–H groups in total. The molecule has 0 bridgehead atoms. The van der Waals surface area contributed by atoms with Gasteiger partial charge in [0.2, 0.25) is 0 Å². The van der Waals surface area contributed by atoms with Crippen LogP contribution < -0.4 is 5.73 Å².